The number of benzene rings is 1. The first kappa shape index (κ1) is 14.8. The van der Waals surface area contributed by atoms with Gasteiger partial charge < -0.3 is 10.1 Å². The molecule has 0 aliphatic rings. The molecule has 0 saturated carbocycles. The minimum Gasteiger partial charge on any atom is -0.404 e. The SMILES string of the molecule is CC(C)(C)NC(=O)Oc1c(F)ccc([N+](=O)[O-])c1F. The van der Waals surface area contributed by atoms with Gasteiger partial charge in [-0.25, -0.2) is 9.18 Å². The fraction of sp³-hybridized carbons (Fsp3) is 0.364. The first-order valence-corrected chi connectivity index (χ1v) is 5.24. The molecule has 0 unspecified atom stereocenters. The van der Waals surface area contributed by atoms with Crippen LogP contribution in [0.1, 0.15) is 20.8 Å². The molecule has 104 valence electrons. The van der Waals surface area contributed by atoms with Crippen molar-refractivity contribution in [2.24, 2.45) is 0 Å². The van der Waals surface area contributed by atoms with Crippen molar-refractivity contribution in [1.29, 1.82) is 0 Å². The molecule has 1 aromatic rings. The molecule has 0 heterocycles. The Morgan fingerprint density at radius 1 is 1.37 bits per heavy atom. The van der Waals surface area contributed by atoms with E-state index in [0.29, 0.717) is 12.1 Å². The van der Waals surface area contributed by atoms with Crippen LogP contribution in [0.3, 0.4) is 0 Å². The van der Waals surface area contributed by atoms with Gasteiger partial charge in [0.2, 0.25) is 11.6 Å². The third-order valence-corrected chi connectivity index (χ3v) is 1.90. The van der Waals surface area contributed by atoms with E-state index in [-0.39, 0.29) is 0 Å². The quantitative estimate of drug-likeness (QED) is 0.664. The number of hydrogen-bond acceptors (Lipinski definition) is 4. The monoisotopic (exact) mass is 274 g/mol. The number of amides is 1. The number of ether oxygens (including phenoxy) is 1. The zero-order valence-electron chi connectivity index (χ0n) is 10.5. The Labute approximate surface area is 107 Å². The summed E-state index contributed by atoms with van der Waals surface area (Å²) < 4.78 is 31.3. The van der Waals surface area contributed by atoms with Crippen LogP contribution in [0.25, 0.3) is 0 Å². The van der Waals surface area contributed by atoms with Crippen LogP contribution in [0.15, 0.2) is 12.1 Å². The van der Waals surface area contributed by atoms with E-state index in [4.69, 9.17) is 0 Å². The Hall–Kier alpha value is -2.25. The molecule has 6 nitrogen and oxygen atoms in total. The minimum absolute atomic E-state index is 0.652. The van der Waals surface area contributed by atoms with Gasteiger partial charge in [0.05, 0.1) is 4.92 Å². The van der Waals surface area contributed by atoms with E-state index in [0.717, 1.165) is 0 Å². The fourth-order valence-corrected chi connectivity index (χ4v) is 1.18. The molecule has 0 fully saturated rings. The molecule has 0 bridgehead atoms. The molecular weight excluding hydrogens is 262 g/mol. The van der Waals surface area contributed by atoms with Crippen molar-refractivity contribution in [3.05, 3.63) is 33.9 Å². The second-order valence-corrected chi connectivity index (χ2v) is 4.73. The zero-order valence-corrected chi connectivity index (χ0v) is 10.5. The van der Waals surface area contributed by atoms with Gasteiger partial charge in [-0.3, -0.25) is 10.1 Å². The van der Waals surface area contributed by atoms with Crippen LogP contribution in [-0.4, -0.2) is 16.6 Å². The lowest BCUT2D eigenvalue weighted by molar-refractivity contribution is -0.387. The topological polar surface area (TPSA) is 81.5 Å². The number of halogens is 2. The van der Waals surface area contributed by atoms with E-state index in [1.54, 1.807) is 20.8 Å². The molecule has 0 saturated heterocycles. The number of carbonyl (C=O) groups excluding carboxylic acids is 1. The van der Waals surface area contributed by atoms with Crippen LogP contribution < -0.4 is 10.1 Å². The first-order valence-electron chi connectivity index (χ1n) is 5.24. The third kappa shape index (κ3) is 3.87. The van der Waals surface area contributed by atoms with E-state index < -0.39 is 39.6 Å². The Bertz CT molecular complexity index is 526. The zero-order chi connectivity index (χ0) is 14.8. The van der Waals surface area contributed by atoms with Gasteiger partial charge in [-0.1, -0.05) is 0 Å². The lowest BCUT2D eigenvalue weighted by atomic mass is 10.1. The standard InChI is InChI=1S/C11H12F2N2O4/c1-11(2,3)14-10(16)19-9-6(12)4-5-7(8(9)13)15(17)18/h4-5H,1-3H3,(H,14,16). The highest BCUT2D eigenvalue weighted by Crippen LogP contribution is 2.29. The molecule has 0 radical (unpaired) electrons. The van der Waals surface area contributed by atoms with Crippen LogP contribution in [0, 0.1) is 21.7 Å². The summed E-state index contributed by atoms with van der Waals surface area (Å²) in [5.74, 6) is -3.84. The largest absolute Gasteiger partial charge is 0.413 e. The van der Waals surface area contributed by atoms with Gasteiger partial charge in [0.25, 0.3) is 0 Å². The molecule has 1 amide bonds. The van der Waals surface area contributed by atoms with E-state index >= 15 is 0 Å². The Kier molecular flexibility index (Phi) is 4.03. The maximum atomic E-state index is 13.6. The highest BCUT2D eigenvalue weighted by atomic mass is 19.1. The maximum Gasteiger partial charge on any atom is 0.413 e. The minimum atomic E-state index is -1.53. The Morgan fingerprint density at radius 3 is 2.42 bits per heavy atom. The number of nitrogens with zero attached hydrogens (tertiary/aromatic N) is 1. The molecule has 19 heavy (non-hydrogen) atoms. The van der Waals surface area contributed by atoms with E-state index in [1.165, 1.54) is 0 Å². The summed E-state index contributed by atoms with van der Waals surface area (Å²) in [6, 6.07) is 1.31. The summed E-state index contributed by atoms with van der Waals surface area (Å²) in [7, 11) is 0. The molecule has 8 heteroatoms. The highest BCUT2D eigenvalue weighted by molar-refractivity contribution is 5.71. The second-order valence-electron chi connectivity index (χ2n) is 4.73. The van der Waals surface area contributed by atoms with Crippen molar-refractivity contribution in [2.75, 3.05) is 0 Å². The van der Waals surface area contributed by atoms with Crippen LogP contribution in [0.4, 0.5) is 19.3 Å². The summed E-state index contributed by atoms with van der Waals surface area (Å²) in [5, 5.41) is 12.8. The molecule has 0 aromatic heterocycles. The van der Waals surface area contributed by atoms with Gasteiger partial charge in [0.15, 0.2) is 5.82 Å². The number of nitrogens with one attached hydrogen (secondary N) is 1. The summed E-state index contributed by atoms with van der Waals surface area (Å²) in [6.45, 7) is 4.90. The van der Waals surface area contributed by atoms with Gasteiger partial charge in [0.1, 0.15) is 0 Å². The normalized spacial score (nSPS) is 11.0. The predicted octanol–water partition coefficient (Wildman–Crippen LogP) is 2.76. The average molecular weight is 274 g/mol. The smallest absolute Gasteiger partial charge is 0.404 e. The number of rotatable bonds is 2. The van der Waals surface area contributed by atoms with Crippen molar-refractivity contribution in [3.63, 3.8) is 0 Å². The van der Waals surface area contributed by atoms with Gasteiger partial charge in [0, 0.05) is 11.6 Å². The van der Waals surface area contributed by atoms with Crippen molar-refractivity contribution in [3.8, 4) is 5.75 Å². The van der Waals surface area contributed by atoms with Crippen molar-refractivity contribution >= 4 is 11.8 Å². The number of nitro groups is 1. The summed E-state index contributed by atoms with van der Waals surface area (Å²) >= 11 is 0. The Balaban J connectivity index is 3.04. The average Bonchev–Trinajstić information content (AvgIpc) is 2.21. The van der Waals surface area contributed by atoms with Gasteiger partial charge in [-0.15, -0.1) is 0 Å². The molecule has 1 rings (SSSR count). The fourth-order valence-electron chi connectivity index (χ4n) is 1.18. The predicted molar refractivity (Wildman–Crippen MR) is 61.9 cm³/mol. The van der Waals surface area contributed by atoms with Crippen molar-refractivity contribution in [1.82, 2.24) is 5.32 Å². The number of hydrogen-bond donors (Lipinski definition) is 1. The lowest BCUT2D eigenvalue weighted by Crippen LogP contribution is -2.42. The van der Waals surface area contributed by atoms with Crippen LogP contribution >= 0.6 is 0 Å². The lowest BCUT2D eigenvalue weighted by Gasteiger charge is -2.19. The van der Waals surface area contributed by atoms with Crippen molar-refractivity contribution in [2.45, 2.75) is 26.3 Å². The highest BCUT2D eigenvalue weighted by Gasteiger charge is 2.25. The summed E-state index contributed by atoms with van der Waals surface area (Å²) in [6.07, 6.45) is -1.11. The van der Waals surface area contributed by atoms with Crippen LogP contribution in [0.5, 0.6) is 5.75 Å². The molecule has 1 N–H and O–H groups in total. The molecule has 0 aliphatic heterocycles. The van der Waals surface area contributed by atoms with Crippen molar-refractivity contribution < 1.29 is 23.2 Å². The van der Waals surface area contributed by atoms with Gasteiger partial charge in [-0.2, -0.15) is 4.39 Å². The summed E-state index contributed by atoms with van der Waals surface area (Å²) in [4.78, 5) is 20.8. The second kappa shape index (κ2) is 5.17. The van der Waals surface area contributed by atoms with E-state index in [9.17, 15) is 23.7 Å². The first-order chi connectivity index (χ1) is 8.61. The number of carbonyl (C=O) groups is 1. The molecule has 1 aromatic carbocycles. The van der Waals surface area contributed by atoms with Gasteiger partial charge in [-0.05, 0) is 26.8 Å². The molecule has 0 spiro atoms. The third-order valence-electron chi connectivity index (χ3n) is 1.90. The van der Waals surface area contributed by atoms with E-state index in [1.807, 2.05) is 0 Å². The van der Waals surface area contributed by atoms with Gasteiger partial charge >= 0.3 is 11.8 Å². The van der Waals surface area contributed by atoms with Crippen LogP contribution in [-0.2, 0) is 0 Å². The maximum absolute atomic E-state index is 13.6. The molecule has 0 atom stereocenters. The Morgan fingerprint density at radius 2 is 1.95 bits per heavy atom. The van der Waals surface area contributed by atoms with E-state index in [2.05, 4.69) is 10.1 Å². The van der Waals surface area contributed by atoms with Crippen LogP contribution in [0.2, 0.25) is 0 Å². The summed E-state index contributed by atoms with van der Waals surface area (Å²) in [5.41, 5.74) is -1.65. The molecular formula is C11H12F2N2O4. The number of nitro benzene ring substituents is 1. The molecule has 0 aliphatic carbocycles.